The topological polar surface area (TPSA) is 102 Å². The zero-order chi connectivity index (χ0) is 21.6. The molecule has 0 saturated carbocycles. The minimum absolute atomic E-state index is 0.0348. The van der Waals surface area contributed by atoms with E-state index < -0.39 is 21.7 Å². The smallest absolute Gasteiger partial charge is 0.270 e. The lowest BCUT2D eigenvalue weighted by molar-refractivity contribution is 0.0846. The summed E-state index contributed by atoms with van der Waals surface area (Å²) >= 11 is 0. The van der Waals surface area contributed by atoms with Crippen molar-refractivity contribution in [3.8, 4) is 5.75 Å². The fourth-order valence-corrected chi connectivity index (χ4v) is 3.09. The van der Waals surface area contributed by atoms with Crippen LogP contribution in [0, 0.1) is 12.8 Å². The summed E-state index contributed by atoms with van der Waals surface area (Å²) in [4.78, 5) is 24.6. The van der Waals surface area contributed by atoms with Gasteiger partial charge in [0.1, 0.15) is 5.75 Å². The van der Waals surface area contributed by atoms with Crippen molar-refractivity contribution in [1.82, 2.24) is 10.9 Å². The van der Waals surface area contributed by atoms with E-state index in [0.29, 0.717) is 29.4 Å². The van der Waals surface area contributed by atoms with E-state index in [2.05, 4.69) is 24.7 Å². The summed E-state index contributed by atoms with van der Waals surface area (Å²) in [5, 5.41) is 0. The molecule has 0 heterocycles. The zero-order valence-corrected chi connectivity index (χ0v) is 17.8. The average Bonchev–Trinajstić information content (AvgIpc) is 2.65. The van der Waals surface area contributed by atoms with E-state index in [1.807, 2.05) is 0 Å². The third-order valence-corrected chi connectivity index (χ3v) is 5.36. The van der Waals surface area contributed by atoms with Crippen LogP contribution >= 0.6 is 0 Å². The summed E-state index contributed by atoms with van der Waals surface area (Å²) in [6.45, 7) is 6.51. The Balaban J connectivity index is 1.97. The Morgan fingerprint density at radius 3 is 2.21 bits per heavy atom. The molecular formula is C21H26N2O5S. The Morgan fingerprint density at radius 2 is 1.62 bits per heavy atom. The fourth-order valence-electron chi connectivity index (χ4n) is 2.44. The number of nitrogens with one attached hydrogen (secondary N) is 2. The number of rotatable bonds is 7. The molecule has 0 bridgehead atoms. The van der Waals surface area contributed by atoms with Gasteiger partial charge in [-0.3, -0.25) is 20.4 Å². The number of amides is 2. The van der Waals surface area contributed by atoms with Crippen molar-refractivity contribution in [2.24, 2.45) is 5.92 Å². The maximum Gasteiger partial charge on any atom is 0.270 e. The number of sulfone groups is 1. The number of aryl methyl sites for hydroxylation is 1. The van der Waals surface area contributed by atoms with Gasteiger partial charge in [-0.2, -0.15) is 0 Å². The molecule has 0 radical (unpaired) electrons. The van der Waals surface area contributed by atoms with Crippen LogP contribution in [-0.4, -0.2) is 33.1 Å². The quantitative estimate of drug-likeness (QED) is 0.673. The highest BCUT2D eigenvalue weighted by Gasteiger charge is 2.15. The number of benzene rings is 2. The molecule has 0 fully saturated rings. The van der Waals surface area contributed by atoms with Gasteiger partial charge in [-0.15, -0.1) is 0 Å². The highest BCUT2D eigenvalue weighted by atomic mass is 32.2. The van der Waals surface area contributed by atoms with E-state index in [9.17, 15) is 18.0 Å². The predicted molar refractivity (Wildman–Crippen MR) is 111 cm³/mol. The lowest BCUT2D eigenvalue weighted by Gasteiger charge is -2.11. The molecule has 0 aliphatic heterocycles. The second-order valence-electron chi connectivity index (χ2n) is 7.21. The Labute approximate surface area is 171 Å². The van der Waals surface area contributed by atoms with Crippen LogP contribution in [0.15, 0.2) is 47.4 Å². The molecule has 29 heavy (non-hydrogen) atoms. The van der Waals surface area contributed by atoms with Gasteiger partial charge in [0, 0.05) is 17.4 Å². The van der Waals surface area contributed by atoms with Gasteiger partial charge in [-0.05, 0) is 61.2 Å². The van der Waals surface area contributed by atoms with Crippen LogP contribution in [0.1, 0.15) is 46.5 Å². The van der Waals surface area contributed by atoms with E-state index in [1.54, 1.807) is 37.3 Å². The van der Waals surface area contributed by atoms with E-state index in [1.165, 1.54) is 12.1 Å². The number of carbonyl (C=O) groups is 2. The van der Waals surface area contributed by atoms with Crippen LogP contribution in [0.3, 0.4) is 0 Å². The van der Waals surface area contributed by atoms with Crippen LogP contribution in [0.2, 0.25) is 0 Å². The van der Waals surface area contributed by atoms with E-state index in [4.69, 9.17) is 4.74 Å². The lowest BCUT2D eigenvalue weighted by atomic mass is 10.1. The molecule has 0 spiro atoms. The number of hydrogen-bond acceptors (Lipinski definition) is 5. The van der Waals surface area contributed by atoms with Crippen LogP contribution < -0.4 is 15.6 Å². The number of carbonyl (C=O) groups excluding carboxylic acids is 2. The van der Waals surface area contributed by atoms with Crippen LogP contribution in [0.5, 0.6) is 5.75 Å². The maximum atomic E-state index is 12.4. The van der Waals surface area contributed by atoms with Crippen LogP contribution in [0.4, 0.5) is 0 Å². The Hall–Kier alpha value is -2.87. The largest absolute Gasteiger partial charge is 0.494 e. The SMILES string of the molecule is Cc1ccc(S(C)(=O)=O)cc1C(=O)NNC(=O)c1ccc(OCCC(C)C)cc1. The molecule has 0 saturated heterocycles. The third-order valence-electron chi connectivity index (χ3n) is 4.25. The predicted octanol–water partition coefficient (Wildman–Crippen LogP) is 2.90. The van der Waals surface area contributed by atoms with Gasteiger partial charge in [0.2, 0.25) is 0 Å². The molecule has 2 N–H and O–H groups in total. The first-order valence-electron chi connectivity index (χ1n) is 9.22. The third kappa shape index (κ3) is 6.60. The standard InChI is InChI=1S/C21H26N2O5S/c1-14(2)11-12-28-17-8-6-16(7-9-17)20(24)22-23-21(25)19-13-18(29(4,26)27)10-5-15(19)3/h5-10,13-14H,11-12H2,1-4H3,(H,22,24)(H,23,25). The summed E-state index contributed by atoms with van der Waals surface area (Å²) < 4.78 is 29.0. The first-order valence-corrected chi connectivity index (χ1v) is 11.1. The summed E-state index contributed by atoms with van der Waals surface area (Å²) in [5.41, 5.74) is 5.75. The molecule has 0 unspecified atom stereocenters. The Morgan fingerprint density at radius 1 is 1.00 bits per heavy atom. The molecule has 2 rings (SSSR count). The zero-order valence-electron chi connectivity index (χ0n) is 17.0. The van der Waals surface area contributed by atoms with Crippen LogP contribution in [0.25, 0.3) is 0 Å². The number of hydrogen-bond donors (Lipinski definition) is 2. The van der Waals surface area contributed by atoms with Crippen molar-refractivity contribution in [1.29, 1.82) is 0 Å². The monoisotopic (exact) mass is 418 g/mol. The van der Waals surface area contributed by atoms with Gasteiger partial charge < -0.3 is 4.74 Å². The highest BCUT2D eigenvalue weighted by molar-refractivity contribution is 7.90. The number of ether oxygens (including phenoxy) is 1. The lowest BCUT2D eigenvalue weighted by Crippen LogP contribution is -2.41. The summed E-state index contributed by atoms with van der Waals surface area (Å²) in [6, 6.07) is 10.8. The van der Waals surface area contributed by atoms with Crippen molar-refractivity contribution < 1.29 is 22.7 Å². The van der Waals surface area contributed by atoms with E-state index >= 15 is 0 Å². The molecule has 8 heteroatoms. The Bertz CT molecular complexity index is 983. The van der Waals surface area contributed by atoms with Crippen molar-refractivity contribution in [3.63, 3.8) is 0 Å². The Kier molecular flexibility index (Phi) is 7.39. The molecule has 2 aromatic carbocycles. The number of hydrazine groups is 1. The first kappa shape index (κ1) is 22.4. The molecule has 2 aromatic rings. The van der Waals surface area contributed by atoms with Crippen LogP contribution in [-0.2, 0) is 9.84 Å². The summed E-state index contributed by atoms with van der Waals surface area (Å²) in [5.74, 6) is 0.115. The molecule has 156 valence electrons. The molecule has 2 amide bonds. The van der Waals surface area contributed by atoms with Gasteiger partial charge in [-0.25, -0.2) is 8.42 Å². The molecule has 0 aliphatic carbocycles. The fraction of sp³-hybridized carbons (Fsp3) is 0.333. The molecular weight excluding hydrogens is 392 g/mol. The minimum Gasteiger partial charge on any atom is -0.494 e. The maximum absolute atomic E-state index is 12.4. The van der Waals surface area contributed by atoms with Crippen molar-refractivity contribution >= 4 is 21.7 Å². The normalized spacial score (nSPS) is 11.2. The highest BCUT2D eigenvalue weighted by Crippen LogP contribution is 2.16. The molecule has 0 aliphatic rings. The molecule has 7 nitrogen and oxygen atoms in total. The first-order chi connectivity index (χ1) is 13.6. The van der Waals surface area contributed by atoms with Gasteiger partial charge in [-0.1, -0.05) is 19.9 Å². The minimum atomic E-state index is -3.44. The van der Waals surface area contributed by atoms with Gasteiger partial charge >= 0.3 is 0 Å². The second-order valence-corrected chi connectivity index (χ2v) is 9.23. The molecule has 0 atom stereocenters. The summed E-state index contributed by atoms with van der Waals surface area (Å²) in [6.07, 6.45) is 2.01. The molecule has 0 aromatic heterocycles. The van der Waals surface area contributed by atoms with Crippen molar-refractivity contribution in [3.05, 3.63) is 59.2 Å². The van der Waals surface area contributed by atoms with E-state index in [-0.39, 0.29) is 10.5 Å². The van der Waals surface area contributed by atoms with Gasteiger partial charge in [0.25, 0.3) is 11.8 Å². The van der Waals surface area contributed by atoms with Crippen molar-refractivity contribution in [2.75, 3.05) is 12.9 Å². The summed E-state index contributed by atoms with van der Waals surface area (Å²) in [7, 11) is -3.44. The van der Waals surface area contributed by atoms with Crippen molar-refractivity contribution in [2.45, 2.75) is 32.1 Å². The van der Waals surface area contributed by atoms with E-state index in [0.717, 1.165) is 12.7 Å². The van der Waals surface area contributed by atoms with Gasteiger partial charge in [0.15, 0.2) is 9.84 Å². The van der Waals surface area contributed by atoms with Gasteiger partial charge in [0.05, 0.1) is 11.5 Å². The average molecular weight is 419 g/mol. The second kappa shape index (κ2) is 9.56.